The van der Waals surface area contributed by atoms with E-state index >= 15 is 0 Å². The first-order valence-electron chi connectivity index (χ1n) is 7.40. The largest absolute Gasteiger partial charge is 0.493 e. The minimum atomic E-state index is -0.0973. The molecular formula is C18H19NO3S. The molecular weight excluding hydrogens is 310 g/mol. The van der Waals surface area contributed by atoms with E-state index in [4.69, 9.17) is 9.47 Å². The molecule has 0 saturated heterocycles. The van der Waals surface area contributed by atoms with E-state index in [1.165, 1.54) is 16.0 Å². The standard InChI is InChI=1S/C18H19NO3S/c1-11-4-5-12-9-17(23-16(12)8-11)18(20)19-13-6-7-14(21-2)15(10-13)22-3/h4-8,10,17H,9H2,1-3H3,(H,19,20)/t17-/m0/s1. The topological polar surface area (TPSA) is 47.6 Å². The second kappa shape index (κ2) is 6.54. The molecule has 3 rings (SSSR count). The molecule has 0 unspecified atom stereocenters. The zero-order valence-corrected chi connectivity index (χ0v) is 14.2. The van der Waals surface area contributed by atoms with Crippen molar-refractivity contribution in [1.29, 1.82) is 0 Å². The first-order valence-corrected chi connectivity index (χ1v) is 8.27. The van der Waals surface area contributed by atoms with Crippen LogP contribution in [0.3, 0.4) is 0 Å². The van der Waals surface area contributed by atoms with Crippen LogP contribution >= 0.6 is 11.8 Å². The molecule has 2 aromatic rings. The zero-order chi connectivity index (χ0) is 16.4. The van der Waals surface area contributed by atoms with Crippen LogP contribution in [0.5, 0.6) is 11.5 Å². The predicted octanol–water partition coefficient (Wildman–Crippen LogP) is 3.67. The van der Waals surface area contributed by atoms with Crippen molar-refractivity contribution in [3.05, 3.63) is 47.5 Å². The summed E-state index contributed by atoms with van der Waals surface area (Å²) in [5.74, 6) is 1.25. The minimum absolute atomic E-state index is 0.0103. The van der Waals surface area contributed by atoms with Gasteiger partial charge in [0.2, 0.25) is 5.91 Å². The molecule has 0 bridgehead atoms. The van der Waals surface area contributed by atoms with Gasteiger partial charge in [-0.2, -0.15) is 0 Å². The van der Waals surface area contributed by atoms with Crippen molar-refractivity contribution in [2.24, 2.45) is 0 Å². The minimum Gasteiger partial charge on any atom is -0.493 e. The number of nitrogens with one attached hydrogen (secondary N) is 1. The van der Waals surface area contributed by atoms with Crippen LogP contribution < -0.4 is 14.8 Å². The van der Waals surface area contributed by atoms with Crippen LogP contribution in [0, 0.1) is 6.92 Å². The number of benzene rings is 2. The van der Waals surface area contributed by atoms with Crippen LogP contribution in [0.1, 0.15) is 11.1 Å². The molecule has 1 N–H and O–H groups in total. The molecule has 1 atom stereocenters. The molecule has 0 saturated carbocycles. The van der Waals surface area contributed by atoms with Gasteiger partial charge >= 0.3 is 0 Å². The summed E-state index contributed by atoms with van der Waals surface area (Å²) in [7, 11) is 3.17. The molecule has 0 radical (unpaired) electrons. The monoisotopic (exact) mass is 329 g/mol. The third-order valence-electron chi connectivity index (χ3n) is 3.84. The molecule has 0 fully saturated rings. The summed E-state index contributed by atoms with van der Waals surface area (Å²) in [6.45, 7) is 2.07. The molecule has 1 aliphatic heterocycles. The second-order valence-electron chi connectivity index (χ2n) is 5.48. The zero-order valence-electron chi connectivity index (χ0n) is 13.4. The SMILES string of the molecule is COc1ccc(NC(=O)[C@@H]2Cc3ccc(C)cc3S2)cc1OC. The average Bonchev–Trinajstić information content (AvgIpc) is 2.97. The molecule has 0 spiro atoms. The van der Waals surface area contributed by atoms with Crippen molar-refractivity contribution in [3.63, 3.8) is 0 Å². The number of amides is 1. The number of carbonyl (C=O) groups is 1. The van der Waals surface area contributed by atoms with Gasteiger partial charge in [-0.15, -0.1) is 11.8 Å². The molecule has 4 nitrogen and oxygen atoms in total. The maximum absolute atomic E-state index is 12.5. The molecule has 1 aliphatic rings. The van der Waals surface area contributed by atoms with E-state index in [-0.39, 0.29) is 11.2 Å². The first kappa shape index (κ1) is 15.7. The van der Waals surface area contributed by atoms with Crippen LogP contribution in [0.4, 0.5) is 5.69 Å². The van der Waals surface area contributed by atoms with E-state index in [0.29, 0.717) is 17.2 Å². The van der Waals surface area contributed by atoms with Gasteiger partial charge in [-0.05, 0) is 37.1 Å². The smallest absolute Gasteiger partial charge is 0.238 e. The fourth-order valence-corrected chi connectivity index (χ4v) is 3.91. The lowest BCUT2D eigenvalue weighted by Gasteiger charge is -2.12. The normalized spacial score (nSPS) is 15.9. The lowest BCUT2D eigenvalue weighted by Crippen LogP contribution is -2.24. The van der Waals surface area contributed by atoms with Crippen LogP contribution in [-0.2, 0) is 11.2 Å². The third kappa shape index (κ3) is 3.29. The Bertz CT molecular complexity index is 745. The van der Waals surface area contributed by atoms with Gasteiger partial charge in [0.15, 0.2) is 11.5 Å². The summed E-state index contributed by atoms with van der Waals surface area (Å²) >= 11 is 1.63. The number of hydrogen-bond donors (Lipinski definition) is 1. The Morgan fingerprint density at radius 3 is 2.65 bits per heavy atom. The average molecular weight is 329 g/mol. The molecule has 5 heteroatoms. The Morgan fingerprint density at radius 2 is 1.91 bits per heavy atom. The van der Waals surface area contributed by atoms with Gasteiger partial charge in [-0.1, -0.05) is 17.7 Å². The molecule has 120 valence electrons. The van der Waals surface area contributed by atoms with E-state index in [0.717, 1.165) is 6.42 Å². The summed E-state index contributed by atoms with van der Waals surface area (Å²) in [6, 6.07) is 11.7. The quantitative estimate of drug-likeness (QED) is 0.930. The number of carbonyl (C=O) groups excluding carboxylic acids is 1. The van der Waals surface area contributed by atoms with Gasteiger partial charge in [-0.3, -0.25) is 4.79 Å². The fraction of sp³-hybridized carbons (Fsp3) is 0.278. The van der Waals surface area contributed by atoms with Crippen LogP contribution in [-0.4, -0.2) is 25.4 Å². The van der Waals surface area contributed by atoms with Crippen LogP contribution in [0.15, 0.2) is 41.3 Å². The summed E-state index contributed by atoms with van der Waals surface area (Å²) in [5, 5.41) is 2.87. The maximum Gasteiger partial charge on any atom is 0.238 e. The van der Waals surface area contributed by atoms with Crippen molar-refractivity contribution in [2.75, 3.05) is 19.5 Å². The highest BCUT2D eigenvalue weighted by atomic mass is 32.2. The van der Waals surface area contributed by atoms with Crippen molar-refractivity contribution in [1.82, 2.24) is 0 Å². The Morgan fingerprint density at radius 1 is 1.13 bits per heavy atom. The van der Waals surface area contributed by atoms with E-state index < -0.39 is 0 Å². The Hall–Kier alpha value is -2.14. The van der Waals surface area contributed by atoms with Gasteiger partial charge in [0.05, 0.1) is 19.5 Å². The number of aryl methyl sites for hydroxylation is 1. The van der Waals surface area contributed by atoms with Gasteiger partial charge in [0.1, 0.15) is 0 Å². The van der Waals surface area contributed by atoms with Crippen LogP contribution in [0.2, 0.25) is 0 Å². The highest BCUT2D eigenvalue weighted by molar-refractivity contribution is 8.01. The number of methoxy groups -OCH3 is 2. The number of ether oxygens (including phenoxy) is 2. The summed E-state index contributed by atoms with van der Waals surface area (Å²) in [4.78, 5) is 13.7. The van der Waals surface area contributed by atoms with E-state index in [1.54, 1.807) is 38.1 Å². The Balaban J connectivity index is 1.71. The van der Waals surface area contributed by atoms with Gasteiger partial charge in [0.25, 0.3) is 0 Å². The Kier molecular flexibility index (Phi) is 4.48. The summed E-state index contributed by atoms with van der Waals surface area (Å²) in [5.41, 5.74) is 3.17. The number of thioether (sulfide) groups is 1. The number of hydrogen-bond acceptors (Lipinski definition) is 4. The molecule has 0 aromatic heterocycles. The molecule has 23 heavy (non-hydrogen) atoms. The first-order chi connectivity index (χ1) is 11.1. The van der Waals surface area contributed by atoms with Crippen molar-refractivity contribution in [2.45, 2.75) is 23.5 Å². The second-order valence-corrected chi connectivity index (χ2v) is 6.73. The Labute approximate surface area is 140 Å². The summed E-state index contributed by atoms with van der Waals surface area (Å²) < 4.78 is 10.5. The molecule has 1 amide bonds. The number of fused-ring (bicyclic) bond motifs is 1. The van der Waals surface area contributed by atoms with Crippen molar-refractivity contribution >= 4 is 23.4 Å². The van der Waals surface area contributed by atoms with Crippen molar-refractivity contribution in [3.8, 4) is 11.5 Å². The summed E-state index contributed by atoms with van der Waals surface area (Å²) in [6.07, 6.45) is 0.763. The lowest BCUT2D eigenvalue weighted by atomic mass is 10.1. The van der Waals surface area contributed by atoms with Gasteiger partial charge in [-0.25, -0.2) is 0 Å². The van der Waals surface area contributed by atoms with Crippen molar-refractivity contribution < 1.29 is 14.3 Å². The predicted molar refractivity (Wildman–Crippen MR) is 92.7 cm³/mol. The molecule has 0 aliphatic carbocycles. The van der Waals surface area contributed by atoms with E-state index in [2.05, 4.69) is 30.4 Å². The maximum atomic E-state index is 12.5. The molecule has 1 heterocycles. The molecule has 2 aromatic carbocycles. The van der Waals surface area contributed by atoms with Gasteiger partial charge < -0.3 is 14.8 Å². The number of rotatable bonds is 4. The highest BCUT2D eigenvalue weighted by Gasteiger charge is 2.28. The van der Waals surface area contributed by atoms with Crippen LogP contribution in [0.25, 0.3) is 0 Å². The van der Waals surface area contributed by atoms with Gasteiger partial charge in [0, 0.05) is 16.6 Å². The van der Waals surface area contributed by atoms with E-state index in [9.17, 15) is 4.79 Å². The number of anilines is 1. The fourth-order valence-electron chi connectivity index (χ4n) is 2.62. The lowest BCUT2D eigenvalue weighted by molar-refractivity contribution is -0.115. The van der Waals surface area contributed by atoms with E-state index in [1.807, 2.05) is 6.07 Å². The third-order valence-corrected chi connectivity index (χ3v) is 5.14. The highest BCUT2D eigenvalue weighted by Crippen LogP contribution is 2.38.